The fourth-order valence-electron chi connectivity index (χ4n) is 2.29. The monoisotopic (exact) mass is 380 g/mol. The van der Waals surface area contributed by atoms with Crippen molar-refractivity contribution < 1.29 is 0 Å². The van der Waals surface area contributed by atoms with Gasteiger partial charge in [0.15, 0.2) is 4.77 Å². The maximum atomic E-state index is 5.43. The molecule has 96 valence electrons. The summed E-state index contributed by atoms with van der Waals surface area (Å²) >= 11 is 7.75. The smallest absolute Gasteiger partial charge is 0.178 e. The molecule has 4 heteroatoms. The van der Waals surface area contributed by atoms with E-state index in [-0.39, 0.29) is 0 Å². The Balaban J connectivity index is 2.10. The predicted octanol–water partition coefficient (Wildman–Crippen LogP) is 4.66. The summed E-state index contributed by atoms with van der Waals surface area (Å²) in [7, 11) is 0. The van der Waals surface area contributed by atoms with Gasteiger partial charge in [-0.25, -0.2) is 0 Å². The molecular weight excluding hydrogens is 367 g/mol. The van der Waals surface area contributed by atoms with Gasteiger partial charge in [-0.2, -0.15) is 0 Å². The second-order valence-electron chi connectivity index (χ2n) is 4.67. The highest BCUT2D eigenvalue weighted by atomic mass is 127. The summed E-state index contributed by atoms with van der Waals surface area (Å²) in [6, 6.07) is 14.9. The first-order chi connectivity index (χ1) is 9.13. The van der Waals surface area contributed by atoms with E-state index < -0.39 is 0 Å². The SMILES string of the molecule is Cc1cccc(Cn2c(=S)[nH]c3cc(I)ccc32)c1. The topological polar surface area (TPSA) is 20.7 Å². The van der Waals surface area contributed by atoms with Crippen LogP contribution in [0.15, 0.2) is 42.5 Å². The minimum absolute atomic E-state index is 0.776. The Bertz CT molecular complexity index is 801. The summed E-state index contributed by atoms with van der Waals surface area (Å²) in [6.07, 6.45) is 0. The number of hydrogen-bond acceptors (Lipinski definition) is 1. The molecule has 0 aliphatic rings. The number of aryl methyl sites for hydroxylation is 1. The maximum absolute atomic E-state index is 5.43. The van der Waals surface area contributed by atoms with Gasteiger partial charge in [0.2, 0.25) is 0 Å². The van der Waals surface area contributed by atoms with Gasteiger partial charge in [0.05, 0.1) is 17.6 Å². The number of halogens is 1. The quantitative estimate of drug-likeness (QED) is 0.507. The molecule has 19 heavy (non-hydrogen) atoms. The van der Waals surface area contributed by atoms with E-state index in [9.17, 15) is 0 Å². The highest BCUT2D eigenvalue weighted by molar-refractivity contribution is 14.1. The number of rotatable bonds is 2. The first kappa shape index (κ1) is 12.9. The van der Waals surface area contributed by atoms with Crippen LogP contribution in [0.25, 0.3) is 11.0 Å². The predicted molar refractivity (Wildman–Crippen MR) is 90.1 cm³/mol. The second kappa shape index (κ2) is 5.09. The zero-order chi connectivity index (χ0) is 13.4. The van der Waals surface area contributed by atoms with Crippen molar-refractivity contribution in [3.05, 3.63) is 61.9 Å². The first-order valence-electron chi connectivity index (χ1n) is 6.07. The summed E-state index contributed by atoms with van der Waals surface area (Å²) < 4.78 is 4.14. The maximum Gasteiger partial charge on any atom is 0.178 e. The third-order valence-corrected chi connectivity index (χ3v) is 4.15. The third kappa shape index (κ3) is 2.60. The van der Waals surface area contributed by atoms with E-state index in [0.29, 0.717) is 0 Å². The van der Waals surface area contributed by atoms with Gasteiger partial charge in [-0.3, -0.25) is 0 Å². The molecule has 1 N–H and O–H groups in total. The minimum atomic E-state index is 0.776. The Labute approximate surface area is 130 Å². The highest BCUT2D eigenvalue weighted by Gasteiger charge is 2.05. The molecule has 0 spiro atoms. The summed E-state index contributed by atoms with van der Waals surface area (Å²) in [4.78, 5) is 3.28. The molecule has 0 saturated carbocycles. The number of nitrogens with one attached hydrogen (secondary N) is 1. The Morgan fingerprint density at radius 2 is 2.05 bits per heavy atom. The van der Waals surface area contributed by atoms with Crippen LogP contribution in [0.1, 0.15) is 11.1 Å². The van der Waals surface area contributed by atoms with Gasteiger partial charge >= 0.3 is 0 Å². The molecule has 2 aromatic carbocycles. The van der Waals surface area contributed by atoms with Crippen LogP contribution in [-0.4, -0.2) is 9.55 Å². The number of aromatic amines is 1. The number of fused-ring (bicyclic) bond motifs is 1. The molecule has 0 atom stereocenters. The zero-order valence-electron chi connectivity index (χ0n) is 10.5. The number of nitrogens with zero attached hydrogens (tertiary/aromatic N) is 1. The molecule has 2 nitrogen and oxygen atoms in total. The fraction of sp³-hybridized carbons (Fsp3) is 0.133. The average Bonchev–Trinajstić information content (AvgIpc) is 2.65. The first-order valence-corrected chi connectivity index (χ1v) is 7.56. The van der Waals surface area contributed by atoms with Crippen molar-refractivity contribution in [3.8, 4) is 0 Å². The molecule has 0 aliphatic heterocycles. The van der Waals surface area contributed by atoms with Gasteiger partial charge in [-0.15, -0.1) is 0 Å². The van der Waals surface area contributed by atoms with Crippen molar-refractivity contribution in [2.75, 3.05) is 0 Å². The number of benzene rings is 2. The number of H-pyrrole nitrogens is 1. The van der Waals surface area contributed by atoms with Crippen molar-refractivity contribution in [1.29, 1.82) is 0 Å². The van der Waals surface area contributed by atoms with Crippen LogP contribution in [0.4, 0.5) is 0 Å². The summed E-state index contributed by atoms with van der Waals surface area (Å²) in [6.45, 7) is 2.92. The molecule has 0 saturated heterocycles. The number of imidazole rings is 1. The van der Waals surface area contributed by atoms with Gasteiger partial charge in [-0.05, 0) is 65.5 Å². The third-order valence-electron chi connectivity index (χ3n) is 3.16. The van der Waals surface area contributed by atoms with Gasteiger partial charge in [0.1, 0.15) is 0 Å². The van der Waals surface area contributed by atoms with E-state index >= 15 is 0 Å². The molecular formula is C15H13IN2S. The number of aromatic nitrogens is 2. The molecule has 0 bridgehead atoms. The fourth-order valence-corrected chi connectivity index (χ4v) is 3.05. The van der Waals surface area contributed by atoms with Crippen LogP contribution in [0, 0.1) is 15.3 Å². The van der Waals surface area contributed by atoms with Gasteiger partial charge in [0, 0.05) is 3.57 Å². The van der Waals surface area contributed by atoms with Gasteiger partial charge in [-0.1, -0.05) is 29.8 Å². The lowest BCUT2D eigenvalue weighted by atomic mass is 10.1. The molecule has 3 aromatic rings. The van der Waals surface area contributed by atoms with E-state index in [1.165, 1.54) is 14.7 Å². The summed E-state index contributed by atoms with van der Waals surface area (Å²) in [5.74, 6) is 0. The van der Waals surface area contributed by atoms with Crippen molar-refractivity contribution >= 4 is 45.8 Å². The molecule has 3 rings (SSSR count). The number of hydrogen-bond donors (Lipinski definition) is 1. The van der Waals surface area contributed by atoms with Crippen LogP contribution < -0.4 is 0 Å². The van der Waals surface area contributed by atoms with Gasteiger partial charge in [0.25, 0.3) is 0 Å². The minimum Gasteiger partial charge on any atom is -0.331 e. The van der Waals surface area contributed by atoms with Crippen LogP contribution in [0.3, 0.4) is 0 Å². The summed E-state index contributed by atoms with van der Waals surface area (Å²) in [5, 5.41) is 0. The van der Waals surface area contributed by atoms with E-state index in [1.54, 1.807) is 0 Å². The molecule has 0 fully saturated rings. The van der Waals surface area contributed by atoms with E-state index in [1.807, 2.05) is 0 Å². The molecule has 1 aromatic heterocycles. The average molecular weight is 380 g/mol. The Morgan fingerprint density at radius 1 is 1.21 bits per heavy atom. The Morgan fingerprint density at radius 3 is 2.84 bits per heavy atom. The standard InChI is InChI=1S/C15H13IN2S/c1-10-3-2-4-11(7-10)9-18-14-6-5-12(16)8-13(14)17-15(18)19/h2-8H,9H2,1H3,(H,17,19). The molecule has 1 heterocycles. The van der Waals surface area contributed by atoms with E-state index in [0.717, 1.165) is 22.3 Å². The second-order valence-corrected chi connectivity index (χ2v) is 6.30. The lowest BCUT2D eigenvalue weighted by Gasteiger charge is -2.06. The van der Waals surface area contributed by atoms with Crippen molar-refractivity contribution in [2.45, 2.75) is 13.5 Å². The molecule has 0 radical (unpaired) electrons. The lowest BCUT2D eigenvalue weighted by Crippen LogP contribution is -1.99. The van der Waals surface area contributed by atoms with Crippen LogP contribution in [-0.2, 0) is 6.54 Å². The molecule has 0 aliphatic carbocycles. The van der Waals surface area contributed by atoms with E-state index in [4.69, 9.17) is 12.2 Å². The van der Waals surface area contributed by atoms with Crippen LogP contribution in [0.2, 0.25) is 0 Å². The van der Waals surface area contributed by atoms with Crippen LogP contribution >= 0.6 is 34.8 Å². The van der Waals surface area contributed by atoms with Crippen molar-refractivity contribution in [1.82, 2.24) is 9.55 Å². The largest absolute Gasteiger partial charge is 0.331 e. The summed E-state index contributed by atoms with van der Waals surface area (Å²) in [5.41, 5.74) is 4.81. The Kier molecular flexibility index (Phi) is 3.45. The van der Waals surface area contributed by atoms with E-state index in [2.05, 4.69) is 81.5 Å². The van der Waals surface area contributed by atoms with Crippen molar-refractivity contribution in [3.63, 3.8) is 0 Å². The zero-order valence-corrected chi connectivity index (χ0v) is 13.5. The normalized spacial score (nSPS) is 11.1. The lowest BCUT2D eigenvalue weighted by molar-refractivity contribution is 0.809. The van der Waals surface area contributed by atoms with Crippen LogP contribution in [0.5, 0.6) is 0 Å². The Hall–Kier alpha value is -1.14. The molecule has 0 amide bonds. The van der Waals surface area contributed by atoms with Gasteiger partial charge < -0.3 is 9.55 Å². The highest BCUT2D eigenvalue weighted by Crippen LogP contribution is 2.19. The van der Waals surface area contributed by atoms with Crippen molar-refractivity contribution in [2.24, 2.45) is 0 Å². The molecule has 0 unspecified atom stereocenters.